The Morgan fingerprint density at radius 3 is 2.07 bits per heavy atom. The minimum absolute atomic E-state index is 0.380. The quantitative estimate of drug-likeness (QED) is 0.236. The first kappa shape index (κ1) is 31.0. The lowest BCUT2D eigenvalue weighted by Crippen LogP contribution is -2.44. The lowest BCUT2D eigenvalue weighted by molar-refractivity contribution is 0.0945. The van der Waals surface area contributed by atoms with Gasteiger partial charge in [0.25, 0.3) is 0 Å². The summed E-state index contributed by atoms with van der Waals surface area (Å²) in [6.07, 6.45) is 22.2. The molecule has 230 valence electrons. The zero-order chi connectivity index (χ0) is 31.2. The van der Waals surface area contributed by atoms with Crippen LogP contribution in [0.15, 0.2) is 117 Å². The second-order valence-corrected chi connectivity index (χ2v) is 12.9. The molecular formula is C43H48N2. The molecule has 1 saturated carbocycles. The topological polar surface area (TPSA) is 15.3 Å². The molecule has 3 aliphatic rings. The van der Waals surface area contributed by atoms with Crippen molar-refractivity contribution in [3.63, 3.8) is 0 Å². The molecule has 2 saturated heterocycles. The molecule has 3 atom stereocenters. The van der Waals surface area contributed by atoms with Crippen LogP contribution in [-0.4, -0.2) is 24.2 Å². The van der Waals surface area contributed by atoms with E-state index in [-0.39, 0.29) is 0 Å². The first-order valence-electron chi connectivity index (χ1n) is 16.9. The Kier molecular flexibility index (Phi) is 9.94. The Hall–Kier alpha value is -3.98. The van der Waals surface area contributed by atoms with Crippen LogP contribution in [0.4, 0.5) is 0 Å². The van der Waals surface area contributed by atoms with Gasteiger partial charge in [-0.15, -0.1) is 0 Å². The van der Waals surface area contributed by atoms with Crippen LogP contribution in [0.1, 0.15) is 89.9 Å². The SMILES string of the molecule is C=CC=C(c1ccc(C2CN3CCC(C4CCCCC4)CC3N2)cc1)c1ccccc1C(=CC=C)c1cccc(C=C)c1C=C. The summed E-state index contributed by atoms with van der Waals surface area (Å²) in [6.45, 7) is 18.6. The highest BCUT2D eigenvalue weighted by molar-refractivity contribution is 5.94. The number of allylic oxidation sites excluding steroid dienone is 4. The Bertz CT molecular complexity index is 1600. The molecule has 1 N–H and O–H groups in total. The standard InChI is InChI=1S/C43H48N2/c1-5-15-37(40-20-12-13-21-41(40)38(16-6-2)39-22-14-19-31(7-3)36(39)8-4)33-23-25-34(26-24-33)42-30-45-28-27-35(29-43(45)44-42)32-17-10-9-11-18-32/h5-8,12-16,19-26,32,35,42-44H,1-4,9-11,17-18,27-30H2. The first-order chi connectivity index (χ1) is 22.1. The van der Waals surface area contributed by atoms with Crippen LogP contribution in [0.3, 0.4) is 0 Å². The molecule has 0 amide bonds. The maximum Gasteiger partial charge on any atom is 0.0605 e. The van der Waals surface area contributed by atoms with E-state index in [9.17, 15) is 0 Å². The lowest BCUT2D eigenvalue weighted by atomic mass is 9.75. The van der Waals surface area contributed by atoms with Crippen molar-refractivity contribution >= 4 is 23.3 Å². The first-order valence-corrected chi connectivity index (χ1v) is 16.9. The summed E-state index contributed by atoms with van der Waals surface area (Å²) in [5, 5.41) is 4.02. The van der Waals surface area contributed by atoms with Gasteiger partial charge in [-0.3, -0.25) is 10.2 Å². The second-order valence-electron chi connectivity index (χ2n) is 12.9. The highest BCUT2D eigenvalue weighted by atomic mass is 15.3. The fourth-order valence-electron chi connectivity index (χ4n) is 8.16. The fourth-order valence-corrected chi connectivity index (χ4v) is 8.16. The van der Waals surface area contributed by atoms with Gasteiger partial charge >= 0.3 is 0 Å². The smallest absolute Gasteiger partial charge is 0.0605 e. The van der Waals surface area contributed by atoms with Gasteiger partial charge in [-0.25, -0.2) is 0 Å². The highest BCUT2D eigenvalue weighted by Gasteiger charge is 2.39. The Morgan fingerprint density at radius 2 is 1.38 bits per heavy atom. The average Bonchev–Trinajstić information content (AvgIpc) is 3.53. The largest absolute Gasteiger partial charge is 0.294 e. The van der Waals surface area contributed by atoms with E-state index in [0.717, 1.165) is 57.3 Å². The van der Waals surface area contributed by atoms with E-state index in [1.807, 2.05) is 24.3 Å². The summed E-state index contributed by atoms with van der Waals surface area (Å²) in [6, 6.07) is 24.5. The third kappa shape index (κ3) is 6.54. The van der Waals surface area contributed by atoms with Crippen molar-refractivity contribution in [1.29, 1.82) is 0 Å². The summed E-state index contributed by atoms with van der Waals surface area (Å²) < 4.78 is 0. The lowest BCUT2D eigenvalue weighted by Gasteiger charge is -2.39. The fraction of sp³-hybridized carbons (Fsp3) is 0.302. The van der Waals surface area contributed by atoms with Crippen LogP contribution in [-0.2, 0) is 0 Å². The van der Waals surface area contributed by atoms with Crippen molar-refractivity contribution in [2.24, 2.45) is 11.8 Å². The van der Waals surface area contributed by atoms with Crippen molar-refractivity contribution in [2.45, 2.75) is 57.2 Å². The number of piperidine rings is 1. The van der Waals surface area contributed by atoms with Crippen molar-refractivity contribution in [2.75, 3.05) is 13.1 Å². The van der Waals surface area contributed by atoms with Crippen molar-refractivity contribution in [3.05, 3.63) is 156 Å². The summed E-state index contributed by atoms with van der Waals surface area (Å²) in [5.74, 6) is 1.85. The summed E-state index contributed by atoms with van der Waals surface area (Å²) in [7, 11) is 0. The molecule has 2 heteroatoms. The van der Waals surface area contributed by atoms with Crippen LogP contribution in [0.25, 0.3) is 23.3 Å². The molecule has 3 aromatic rings. The molecule has 45 heavy (non-hydrogen) atoms. The van der Waals surface area contributed by atoms with Gasteiger partial charge in [0.05, 0.1) is 6.17 Å². The highest BCUT2D eigenvalue weighted by Crippen LogP contribution is 2.40. The number of rotatable bonds is 10. The molecule has 2 aliphatic heterocycles. The van der Waals surface area contributed by atoms with Gasteiger partial charge in [0, 0.05) is 12.6 Å². The molecule has 3 aromatic carbocycles. The molecule has 2 nitrogen and oxygen atoms in total. The van der Waals surface area contributed by atoms with E-state index in [0.29, 0.717) is 12.2 Å². The Balaban J connectivity index is 1.27. The van der Waals surface area contributed by atoms with E-state index in [4.69, 9.17) is 0 Å². The molecule has 0 aromatic heterocycles. The van der Waals surface area contributed by atoms with Crippen LogP contribution in [0.2, 0.25) is 0 Å². The maximum absolute atomic E-state index is 4.13. The van der Waals surface area contributed by atoms with E-state index in [1.165, 1.54) is 62.6 Å². The van der Waals surface area contributed by atoms with Crippen LogP contribution < -0.4 is 5.32 Å². The average molecular weight is 593 g/mol. The third-order valence-corrected chi connectivity index (χ3v) is 10.4. The van der Waals surface area contributed by atoms with Gasteiger partial charge < -0.3 is 0 Å². The minimum Gasteiger partial charge on any atom is -0.294 e. The van der Waals surface area contributed by atoms with E-state index < -0.39 is 0 Å². The molecule has 0 spiro atoms. The van der Waals surface area contributed by atoms with E-state index in [1.54, 1.807) is 0 Å². The normalized spacial score (nSPS) is 22.9. The predicted molar refractivity (Wildman–Crippen MR) is 195 cm³/mol. The molecule has 6 rings (SSSR count). The molecule has 3 unspecified atom stereocenters. The molecule has 2 heterocycles. The van der Waals surface area contributed by atoms with Crippen LogP contribution >= 0.6 is 0 Å². The minimum atomic E-state index is 0.380. The molecule has 1 aliphatic carbocycles. The summed E-state index contributed by atoms with van der Waals surface area (Å²) in [5.41, 5.74) is 10.3. The Morgan fingerprint density at radius 1 is 0.689 bits per heavy atom. The number of nitrogens with one attached hydrogen (secondary N) is 1. The van der Waals surface area contributed by atoms with Crippen LogP contribution in [0, 0.1) is 11.8 Å². The maximum atomic E-state index is 4.13. The molecule has 0 radical (unpaired) electrons. The predicted octanol–water partition coefficient (Wildman–Crippen LogP) is 10.5. The van der Waals surface area contributed by atoms with Crippen LogP contribution in [0.5, 0.6) is 0 Å². The Labute approximate surface area is 271 Å². The number of hydrogen-bond donors (Lipinski definition) is 1. The zero-order valence-electron chi connectivity index (χ0n) is 26.8. The van der Waals surface area contributed by atoms with Gasteiger partial charge in [-0.05, 0) is 81.3 Å². The van der Waals surface area contributed by atoms with Crippen molar-refractivity contribution in [3.8, 4) is 0 Å². The summed E-state index contributed by atoms with van der Waals surface area (Å²) >= 11 is 0. The van der Waals surface area contributed by atoms with E-state index in [2.05, 4.69) is 115 Å². The van der Waals surface area contributed by atoms with Gasteiger partial charge in [-0.2, -0.15) is 0 Å². The van der Waals surface area contributed by atoms with E-state index >= 15 is 0 Å². The zero-order valence-corrected chi connectivity index (χ0v) is 26.8. The third-order valence-electron chi connectivity index (χ3n) is 10.4. The molecule has 3 fully saturated rings. The molecular weight excluding hydrogens is 544 g/mol. The van der Waals surface area contributed by atoms with Crippen molar-refractivity contribution < 1.29 is 0 Å². The number of hydrogen-bond acceptors (Lipinski definition) is 2. The monoisotopic (exact) mass is 592 g/mol. The van der Waals surface area contributed by atoms with Gasteiger partial charge in [0.2, 0.25) is 0 Å². The molecule has 0 bridgehead atoms. The summed E-state index contributed by atoms with van der Waals surface area (Å²) in [4.78, 5) is 2.70. The van der Waals surface area contributed by atoms with Gasteiger partial charge in [0.1, 0.15) is 0 Å². The number of nitrogens with zero attached hydrogens (tertiary/aromatic N) is 1. The second kappa shape index (κ2) is 14.4. The van der Waals surface area contributed by atoms with Crippen molar-refractivity contribution in [1.82, 2.24) is 10.2 Å². The van der Waals surface area contributed by atoms with Gasteiger partial charge in [0.15, 0.2) is 0 Å². The number of benzene rings is 3. The van der Waals surface area contributed by atoms with Gasteiger partial charge in [-0.1, -0.05) is 162 Å². The number of fused-ring (bicyclic) bond motifs is 1.